The number of hydrogen-bond acceptors (Lipinski definition) is 7. The molecule has 47 heavy (non-hydrogen) atoms. The van der Waals surface area contributed by atoms with E-state index in [1.54, 1.807) is 64.3 Å². The Labute approximate surface area is 272 Å². The highest BCUT2D eigenvalue weighted by Gasteiger charge is 2.51. The lowest BCUT2D eigenvalue weighted by Gasteiger charge is -2.37. The van der Waals surface area contributed by atoms with Crippen molar-refractivity contribution in [2.45, 2.75) is 82.5 Å². The van der Waals surface area contributed by atoms with Crippen molar-refractivity contribution < 1.29 is 42.6 Å². The number of carbonyl (C=O) groups excluding carboxylic acids is 3. The van der Waals surface area contributed by atoms with Gasteiger partial charge in [-0.3, -0.25) is 9.59 Å². The fraction of sp³-hybridized carbons (Fsp3) is 0.486. The fourth-order valence-corrected chi connectivity index (χ4v) is 7.20. The molecule has 3 amide bonds. The smallest absolute Gasteiger partial charge is 0.407 e. The van der Waals surface area contributed by atoms with Crippen LogP contribution in [0, 0.1) is 11.8 Å². The highest BCUT2D eigenvalue weighted by molar-refractivity contribution is 5.97. The van der Waals surface area contributed by atoms with Crippen molar-refractivity contribution in [1.29, 1.82) is 0 Å². The van der Waals surface area contributed by atoms with E-state index in [4.69, 9.17) is 19.6 Å². The van der Waals surface area contributed by atoms with Gasteiger partial charge in [-0.2, -0.15) is 0 Å². The quantitative estimate of drug-likeness (QED) is 0.265. The number of para-hydroxylation sites is 1. The molecule has 0 bridgehead atoms. The van der Waals surface area contributed by atoms with E-state index in [-0.39, 0.29) is 24.0 Å². The van der Waals surface area contributed by atoms with Crippen molar-refractivity contribution in [2.75, 3.05) is 13.8 Å². The lowest BCUT2D eigenvalue weighted by atomic mass is 9.78. The number of aromatic carboxylic acids is 1. The number of likely N-dealkylation sites (tertiary alicyclic amines) is 1. The Kier molecular flexibility index (Phi) is 9.78. The van der Waals surface area contributed by atoms with E-state index >= 15 is 0 Å². The first-order valence-electron chi connectivity index (χ1n) is 15.9. The maximum Gasteiger partial charge on any atom is 0.407 e. The zero-order valence-corrected chi connectivity index (χ0v) is 27.0. The predicted molar refractivity (Wildman–Crippen MR) is 171 cm³/mol. The van der Waals surface area contributed by atoms with Gasteiger partial charge in [0.2, 0.25) is 17.6 Å². The number of carboxylic acid groups (broad SMARTS) is 1. The van der Waals surface area contributed by atoms with Crippen LogP contribution in [0.2, 0.25) is 0 Å². The Balaban J connectivity index is 1.47. The highest BCUT2D eigenvalue weighted by atomic mass is 19.1. The van der Waals surface area contributed by atoms with Crippen LogP contribution in [0.5, 0.6) is 5.75 Å². The van der Waals surface area contributed by atoms with Gasteiger partial charge in [-0.15, -0.1) is 0 Å². The van der Waals surface area contributed by atoms with Crippen molar-refractivity contribution in [3.63, 3.8) is 0 Å². The summed E-state index contributed by atoms with van der Waals surface area (Å²) in [6.45, 7) is 4.40. The van der Waals surface area contributed by atoms with Crippen molar-refractivity contribution in [3.8, 4) is 5.75 Å². The number of primary amides is 1. The number of methoxy groups -OCH3 is 1. The molecule has 2 aromatic carbocycles. The van der Waals surface area contributed by atoms with Gasteiger partial charge >= 0.3 is 12.1 Å². The molecule has 1 aliphatic heterocycles. The number of furan rings is 1. The lowest BCUT2D eigenvalue weighted by molar-refractivity contribution is -0.144. The summed E-state index contributed by atoms with van der Waals surface area (Å²) in [5.74, 6) is -3.29. The average molecular weight is 652 g/mol. The van der Waals surface area contributed by atoms with Crippen LogP contribution in [0.15, 0.2) is 52.9 Å². The second kappa shape index (κ2) is 13.6. The van der Waals surface area contributed by atoms with Gasteiger partial charge in [-0.05, 0) is 82.6 Å². The third-order valence-corrected chi connectivity index (χ3v) is 9.30. The summed E-state index contributed by atoms with van der Waals surface area (Å²) in [5.41, 5.74) is 6.73. The van der Waals surface area contributed by atoms with Crippen LogP contribution in [0.25, 0.3) is 11.0 Å². The number of hydrogen-bond donors (Lipinski definition) is 3. The molecule has 0 spiro atoms. The molecule has 0 radical (unpaired) electrons. The Bertz CT molecular complexity index is 1620. The summed E-state index contributed by atoms with van der Waals surface area (Å²) in [4.78, 5) is 54.1. The zero-order valence-electron chi connectivity index (χ0n) is 27.0. The van der Waals surface area contributed by atoms with E-state index in [9.17, 15) is 28.7 Å². The van der Waals surface area contributed by atoms with Gasteiger partial charge in [0.25, 0.3) is 0 Å². The van der Waals surface area contributed by atoms with Crippen LogP contribution in [0.1, 0.15) is 86.5 Å². The fourth-order valence-electron chi connectivity index (χ4n) is 7.20. The number of alkyl carbamates (subject to hydrolysis) is 1. The number of nitrogens with zero attached hydrogens (tertiary/aromatic N) is 1. The number of benzene rings is 2. The Morgan fingerprint density at radius 3 is 2.30 bits per heavy atom. The summed E-state index contributed by atoms with van der Waals surface area (Å²) in [7, 11) is 1.54. The number of ether oxygens (including phenoxy) is 2. The molecule has 1 aromatic heterocycles. The van der Waals surface area contributed by atoms with Crippen LogP contribution in [0.4, 0.5) is 9.18 Å². The first-order chi connectivity index (χ1) is 22.3. The number of rotatable bonds is 9. The van der Waals surface area contributed by atoms with Gasteiger partial charge in [-0.25, -0.2) is 14.0 Å². The molecule has 3 aromatic rings. The van der Waals surface area contributed by atoms with E-state index in [1.165, 1.54) is 4.90 Å². The Morgan fingerprint density at radius 1 is 1.06 bits per heavy atom. The SMILES string of the molecule is COc1ccc([C@@H]2CC(c3c(C(=O)O)oc4ccccc34)N(C(=O)C3CCC(C(CF)NC(=O)OC(C)(C)C)CC3)[C@@H]2C(N)=O)cc1. The summed E-state index contributed by atoms with van der Waals surface area (Å²) in [5, 5.41) is 13.3. The molecular weight excluding hydrogens is 609 g/mol. The van der Waals surface area contributed by atoms with Gasteiger partial charge in [0.1, 0.15) is 29.7 Å². The molecule has 1 saturated heterocycles. The number of fused-ring (bicyclic) bond motifs is 1. The summed E-state index contributed by atoms with van der Waals surface area (Å²) in [6, 6.07) is 11.4. The topological polar surface area (TPSA) is 161 Å². The number of nitrogens with two attached hydrogens (primary N) is 1. The lowest BCUT2D eigenvalue weighted by Crippen LogP contribution is -2.50. The highest BCUT2D eigenvalue weighted by Crippen LogP contribution is 2.50. The zero-order chi connectivity index (χ0) is 34.0. The second-order valence-electron chi connectivity index (χ2n) is 13.4. The first kappa shape index (κ1) is 33.7. The number of carboxylic acids is 1. The van der Waals surface area contributed by atoms with E-state index < -0.39 is 60.2 Å². The molecule has 2 aliphatic rings. The number of alkyl halides is 1. The molecule has 2 heterocycles. The van der Waals surface area contributed by atoms with E-state index in [0.29, 0.717) is 48.0 Å². The van der Waals surface area contributed by atoms with Crippen molar-refractivity contribution in [1.82, 2.24) is 10.2 Å². The number of amides is 3. The molecule has 4 atom stereocenters. The molecule has 4 N–H and O–H groups in total. The third-order valence-electron chi connectivity index (χ3n) is 9.30. The molecule has 1 aliphatic carbocycles. The van der Waals surface area contributed by atoms with Crippen LogP contribution >= 0.6 is 0 Å². The van der Waals surface area contributed by atoms with E-state index in [1.807, 2.05) is 12.1 Å². The summed E-state index contributed by atoms with van der Waals surface area (Å²) < 4.78 is 30.5. The number of halogens is 1. The molecule has 11 nitrogen and oxygen atoms in total. The van der Waals surface area contributed by atoms with Gasteiger partial charge in [0, 0.05) is 22.8 Å². The molecule has 2 unspecified atom stereocenters. The second-order valence-corrected chi connectivity index (χ2v) is 13.4. The Hall–Kier alpha value is -4.61. The predicted octanol–water partition coefficient (Wildman–Crippen LogP) is 5.72. The van der Waals surface area contributed by atoms with E-state index in [0.717, 1.165) is 5.56 Å². The maximum atomic E-state index is 14.6. The molecule has 2 fully saturated rings. The molecule has 12 heteroatoms. The number of carbonyl (C=O) groups is 4. The van der Waals surface area contributed by atoms with Crippen molar-refractivity contribution in [3.05, 3.63) is 65.4 Å². The average Bonchev–Trinajstić information content (AvgIpc) is 3.62. The van der Waals surface area contributed by atoms with Crippen molar-refractivity contribution >= 4 is 34.8 Å². The van der Waals surface area contributed by atoms with Gasteiger partial charge in [-0.1, -0.05) is 30.3 Å². The standard InChI is InChI=1S/C35H42FN3O8/c1-35(2,3)47-34(44)38-25(18-36)20-9-11-21(12-10-20)32(41)39-26(28-23-7-5-6-8-27(23)46-30(28)33(42)43)17-24(29(39)31(37)40)19-13-15-22(45-4)16-14-19/h5-8,13-16,20-21,24-26,29H,9-12,17-18H2,1-4H3,(H2,37,40)(H,38,44)(H,42,43)/t20?,21?,24-,25?,26?,29-/m0/s1. The minimum Gasteiger partial charge on any atom is -0.497 e. The summed E-state index contributed by atoms with van der Waals surface area (Å²) >= 11 is 0. The van der Waals surface area contributed by atoms with Crippen LogP contribution in [-0.4, -0.2) is 65.4 Å². The third kappa shape index (κ3) is 7.06. The van der Waals surface area contributed by atoms with Crippen LogP contribution in [0.3, 0.4) is 0 Å². The first-order valence-corrected chi connectivity index (χ1v) is 15.9. The normalized spacial score (nSPS) is 23.7. The van der Waals surface area contributed by atoms with E-state index in [2.05, 4.69) is 5.32 Å². The van der Waals surface area contributed by atoms with Crippen LogP contribution < -0.4 is 15.8 Å². The minimum absolute atomic E-state index is 0.221. The van der Waals surface area contributed by atoms with Crippen LogP contribution in [-0.2, 0) is 14.3 Å². The van der Waals surface area contributed by atoms with Gasteiger partial charge in [0.05, 0.1) is 19.2 Å². The monoisotopic (exact) mass is 651 g/mol. The molecule has 5 rings (SSSR count). The molecular formula is C35H42FN3O8. The van der Waals surface area contributed by atoms with Crippen molar-refractivity contribution in [2.24, 2.45) is 17.6 Å². The largest absolute Gasteiger partial charge is 0.497 e. The minimum atomic E-state index is -1.29. The van der Waals surface area contributed by atoms with Gasteiger partial charge < -0.3 is 34.9 Å². The molecule has 252 valence electrons. The molecule has 1 saturated carbocycles. The summed E-state index contributed by atoms with van der Waals surface area (Å²) in [6.07, 6.45) is 1.21. The Morgan fingerprint density at radius 2 is 1.72 bits per heavy atom. The number of nitrogens with one attached hydrogen (secondary N) is 1. The van der Waals surface area contributed by atoms with Gasteiger partial charge in [0.15, 0.2) is 0 Å². The maximum absolute atomic E-state index is 14.6.